The molecule has 0 rings (SSSR count). The maximum absolute atomic E-state index is 8.24. The summed E-state index contributed by atoms with van der Waals surface area (Å²) in [5.41, 5.74) is 8.24. The molecule has 0 fully saturated rings. The zero-order valence-electron chi connectivity index (χ0n) is 3.31. The molecule has 1 atom stereocenters. The minimum Gasteiger partial charge on any atom is -0.137 e. The first-order chi connectivity index (χ1) is 2.27. The van der Waals surface area contributed by atoms with Crippen LogP contribution >= 0.6 is 0 Å². The topological polar surface area (TPSA) is 22.3 Å². The minimum atomic E-state index is -0.352. The zero-order valence-corrected chi connectivity index (χ0v) is 3.31. The van der Waals surface area contributed by atoms with Gasteiger partial charge in [0, 0.05) is 0 Å². The highest BCUT2D eigenvalue weighted by atomic mass is 14.6. The highest BCUT2D eigenvalue weighted by Crippen LogP contribution is 1.71. The zero-order chi connectivity index (χ0) is 4.28. The van der Waals surface area contributed by atoms with Crippen LogP contribution in [0.4, 0.5) is 0 Å². The third-order valence-electron chi connectivity index (χ3n) is 0.341. The molecule has 1 unspecified atom stereocenters. The molecular formula is C4H7N. The second-order valence-electron chi connectivity index (χ2n) is 0.976. The maximum atomic E-state index is 8.24. The van der Waals surface area contributed by atoms with Crippen LogP contribution < -0.4 is 5.73 Å². The van der Waals surface area contributed by atoms with E-state index in [9.17, 15) is 0 Å². The molecule has 5 heavy (non-hydrogen) atoms. The van der Waals surface area contributed by atoms with Crippen molar-refractivity contribution in [2.75, 3.05) is 0 Å². The summed E-state index contributed by atoms with van der Waals surface area (Å²) in [7, 11) is 0. The summed E-state index contributed by atoms with van der Waals surface area (Å²) in [4.78, 5) is 0. The summed E-state index contributed by atoms with van der Waals surface area (Å²) in [6.07, 6.45) is 1.47. The lowest BCUT2D eigenvalue weighted by atomic mass is 10.4. The molecular weight excluding hydrogens is 62.1 g/mol. The third kappa shape index (κ3) is 3.70. The lowest BCUT2D eigenvalue weighted by Gasteiger charge is -1.80. The van der Waals surface area contributed by atoms with E-state index in [1.165, 1.54) is 6.08 Å². The lowest BCUT2D eigenvalue weighted by molar-refractivity contribution is 0.894. The molecule has 0 N–H and O–H groups in total. The molecule has 0 aromatic rings. The van der Waals surface area contributed by atoms with Crippen LogP contribution in [0, 0.1) is 0 Å². The quantitative estimate of drug-likeness (QED) is 0.403. The first-order valence-corrected chi connectivity index (χ1v) is 1.58. The fourth-order valence-corrected chi connectivity index (χ4v) is 0. The van der Waals surface area contributed by atoms with Crippen molar-refractivity contribution < 1.29 is 0 Å². The molecule has 1 heteroatoms. The molecule has 0 amide bonds. The average molecular weight is 69.1 g/mol. The van der Waals surface area contributed by atoms with Crippen LogP contribution in [-0.2, 0) is 0 Å². The Labute approximate surface area is 32.5 Å². The molecule has 0 aliphatic carbocycles. The van der Waals surface area contributed by atoms with Crippen molar-refractivity contribution in [2.45, 2.75) is 13.0 Å². The largest absolute Gasteiger partial charge is 0.137 e. The molecule has 1 nitrogen and oxygen atoms in total. The Kier molecular flexibility index (Phi) is 1.85. The highest BCUT2D eigenvalue weighted by Gasteiger charge is 1.77. The molecule has 0 aromatic carbocycles. The van der Waals surface area contributed by atoms with Crippen molar-refractivity contribution in [2.24, 2.45) is 0 Å². The minimum absolute atomic E-state index is 0.352. The maximum Gasteiger partial charge on any atom is 0.0583 e. The van der Waals surface area contributed by atoms with Crippen LogP contribution in [0.15, 0.2) is 12.7 Å². The van der Waals surface area contributed by atoms with E-state index in [4.69, 9.17) is 5.73 Å². The molecule has 0 heterocycles. The number of hydrogen-bond acceptors (Lipinski definition) is 0. The van der Waals surface area contributed by atoms with E-state index >= 15 is 0 Å². The van der Waals surface area contributed by atoms with Gasteiger partial charge in [0.15, 0.2) is 0 Å². The Morgan fingerprint density at radius 1 is 2.00 bits per heavy atom. The fraction of sp³-hybridized carbons (Fsp3) is 0.500. The van der Waals surface area contributed by atoms with Gasteiger partial charge in [-0.1, -0.05) is 6.08 Å². The van der Waals surface area contributed by atoms with Crippen LogP contribution in [0.1, 0.15) is 6.92 Å². The second-order valence-corrected chi connectivity index (χ2v) is 0.976. The first kappa shape index (κ1) is 4.70. The van der Waals surface area contributed by atoms with Crippen LogP contribution in [0.3, 0.4) is 0 Å². The van der Waals surface area contributed by atoms with Gasteiger partial charge in [0.05, 0.1) is 6.04 Å². The van der Waals surface area contributed by atoms with Crippen molar-refractivity contribution in [1.82, 2.24) is 5.73 Å². The van der Waals surface area contributed by atoms with E-state index in [1.807, 2.05) is 0 Å². The van der Waals surface area contributed by atoms with Crippen LogP contribution in [0.2, 0.25) is 0 Å². The Balaban J connectivity index is 2.83. The van der Waals surface area contributed by atoms with Crippen molar-refractivity contribution in [3.8, 4) is 0 Å². The molecule has 0 bridgehead atoms. The van der Waals surface area contributed by atoms with Gasteiger partial charge in [-0.25, -0.2) is 0 Å². The second kappa shape index (κ2) is 1.97. The van der Waals surface area contributed by atoms with Gasteiger partial charge < -0.3 is 0 Å². The predicted octanol–water partition coefficient (Wildman–Crippen LogP) is 0.630. The van der Waals surface area contributed by atoms with Gasteiger partial charge in [-0.15, -0.1) is 12.3 Å². The molecule has 0 aromatic heterocycles. The van der Waals surface area contributed by atoms with Gasteiger partial charge in [-0.2, -0.15) is 0 Å². The molecule has 0 spiro atoms. The smallest absolute Gasteiger partial charge is 0.0583 e. The van der Waals surface area contributed by atoms with Gasteiger partial charge in [0.1, 0.15) is 0 Å². The van der Waals surface area contributed by atoms with Gasteiger partial charge >= 0.3 is 0 Å². The summed E-state index contributed by atoms with van der Waals surface area (Å²) in [5, 5.41) is 0. The van der Waals surface area contributed by atoms with Crippen molar-refractivity contribution in [1.29, 1.82) is 0 Å². The number of hydrogen-bond donors (Lipinski definition) is 0. The Bertz CT molecular complexity index is 30.6. The molecule has 0 saturated carbocycles. The predicted molar refractivity (Wildman–Crippen MR) is 21.8 cm³/mol. The SMILES string of the molecule is C=CC(C)[N]. The van der Waals surface area contributed by atoms with Crippen LogP contribution in [0.25, 0.3) is 0 Å². The van der Waals surface area contributed by atoms with Gasteiger partial charge in [0.25, 0.3) is 0 Å². The first-order valence-electron chi connectivity index (χ1n) is 1.58. The standard InChI is InChI=1S/C4H7N/c1-3-4(2)5/h3-4H,1H2,2H3. The Morgan fingerprint density at radius 2 is 2.20 bits per heavy atom. The average Bonchev–Trinajstić information content (AvgIpc) is 1.38. The summed E-state index contributed by atoms with van der Waals surface area (Å²) in [5.74, 6) is 0. The van der Waals surface area contributed by atoms with Crippen molar-refractivity contribution in [3.63, 3.8) is 0 Å². The number of nitrogens with zero attached hydrogens (tertiary/aromatic N) is 1. The Hall–Kier alpha value is -0.300. The van der Waals surface area contributed by atoms with Crippen LogP contribution in [0.5, 0.6) is 0 Å². The van der Waals surface area contributed by atoms with Gasteiger partial charge in [-0.05, 0) is 6.92 Å². The molecule has 0 aliphatic heterocycles. The summed E-state index contributed by atoms with van der Waals surface area (Å²) in [6.45, 7) is 4.97. The summed E-state index contributed by atoms with van der Waals surface area (Å²) >= 11 is 0. The van der Waals surface area contributed by atoms with Crippen LogP contribution in [-0.4, -0.2) is 6.04 Å². The van der Waals surface area contributed by atoms with Gasteiger partial charge in [-0.3, -0.25) is 0 Å². The summed E-state index contributed by atoms with van der Waals surface area (Å²) in [6, 6.07) is -0.352. The van der Waals surface area contributed by atoms with E-state index < -0.39 is 0 Å². The monoisotopic (exact) mass is 69.1 g/mol. The fourth-order valence-electron chi connectivity index (χ4n) is 0. The highest BCUT2D eigenvalue weighted by molar-refractivity contribution is 4.75. The summed E-state index contributed by atoms with van der Waals surface area (Å²) < 4.78 is 0. The normalized spacial score (nSPS) is 14.0. The van der Waals surface area contributed by atoms with Gasteiger partial charge in [0.2, 0.25) is 0 Å². The molecule has 28 valence electrons. The lowest BCUT2D eigenvalue weighted by Crippen LogP contribution is -1.92. The van der Waals surface area contributed by atoms with E-state index in [1.54, 1.807) is 6.92 Å². The van der Waals surface area contributed by atoms with Crippen molar-refractivity contribution >= 4 is 0 Å². The van der Waals surface area contributed by atoms with Crippen molar-refractivity contribution in [3.05, 3.63) is 12.7 Å². The Morgan fingerprint density at radius 3 is 2.20 bits per heavy atom. The molecule has 0 saturated heterocycles. The van der Waals surface area contributed by atoms with E-state index in [0.29, 0.717) is 0 Å². The molecule has 2 radical (unpaired) electrons. The van der Waals surface area contributed by atoms with E-state index in [-0.39, 0.29) is 6.04 Å². The number of rotatable bonds is 1. The molecule has 0 aliphatic rings. The van der Waals surface area contributed by atoms with E-state index in [0.717, 1.165) is 0 Å². The van der Waals surface area contributed by atoms with E-state index in [2.05, 4.69) is 6.58 Å². The third-order valence-corrected chi connectivity index (χ3v) is 0.341.